The van der Waals surface area contributed by atoms with E-state index < -0.39 is 0 Å². The number of nitrogens with zero attached hydrogens (tertiary/aromatic N) is 3. The van der Waals surface area contributed by atoms with Crippen LogP contribution in [0.3, 0.4) is 0 Å². The topological polar surface area (TPSA) is 38.1 Å². The third kappa shape index (κ3) is 2.76. The van der Waals surface area contributed by atoms with E-state index in [-0.39, 0.29) is 5.91 Å². The molecule has 0 aliphatic carbocycles. The zero-order chi connectivity index (χ0) is 16.5. The van der Waals surface area contributed by atoms with Crippen LogP contribution in [0.4, 0.5) is 0 Å². The number of thiophene rings is 1. The monoisotopic (exact) mass is 337 g/mol. The van der Waals surface area contributed by atoms with E-state index in [0.29, 0.717) is 5.69 Å². The number of aromatic nitrogens is 2. The van der Waals surface area contributed by atoms with Crippen molar-refractivity contribution in [2.45, 2.75) is 19.8 Å². The molecule has 0 spiro atoms. The number of carbonyl (C=O) groups is 1. The van der Waals surface area contributed by atoms with E-state index in [4.69, 9.17) is 5.10 Å². The molecule has 4 nitrogen and oxygen atoms in total. The molecule has 1 aliphatic rings. The van der Waals surface area contributed by atoms with E-state index in [1.807, 2.05) is 52.7 Å². The van der Waals surface area contributed by atoms with Crippen LogP contribution in [0.2, 0.25) is 0 Å². The molecule has 3 heterocycles. The summed E-state index contributed by atoms with van der Waals surface area (Å²) in [5, 5.41) is 6.75. The summed E-state index contributed by atoms with van der Waals surface area (Å²) < 4.78 is 1.79. The lowest BCUT2D eigenvalue weighted by atomic mass is 10.2. The summed E-state index contributed by atoms with van der Waals surface area (Å²) in [5.74, 6) is 0.0726. The highest BCUT2D eigenvalue weighted by Crippen LogP contribution is 2.27. The molecule has 1 fully saturated rings. The van der Waals surface area contributed by atoms with Crippen molar-refractivity contribution in [3.8, 4) is 16.3 Å². The van der Waals surface area contributed by atoms with Gasteiger partial charge in [-0.1, -0.05) is 23.8 Å². The van der Waals surface area contributed by atoms with Crippen LogP contribution in [0.15, 0.2) is 47.8 Å². The molecule has 5 heteroatoms. The zero-order valence-corrected chi connectivity index (χ0v) is 14.4. The molecule has 0 saturated carbocycles. The molecule has 2 aromatic heterocycles. The standard InChI is InChI=1S/C19H19N3OS/c1-14-6-8-15(9-7-14)22-17(19(23)21-10-2-3-11-21)13-16(20-22)18-5-4-12-24-18/h4-9,12-13H,2-3,10-11H2,1H3. The van der Waals surface area contributed by atoms with Gasteiger partial charge in [-0.05, 0) is 49.4 Å². The first-order chi connectivity index (χ1) is 11.7. The maximum atomic E-state index is 13.0. The second-order valence-corrected chi connectivity index (χ2v) is 7.09. The molecule has 1 aliphatic heterocycles. The van der Waals surface area contributed by atoms with Gasteiger partial charge >= 0.3 is 0 Å². The van der Waals surface area contributed by atoms with Crippen LogP contribution < -0.4 is 0 Å². The normalized spacial score (nSPS) is 14.3. The highest BCUT2D eigenvalue weighted by Gasteiger charge is 2.25. The molecule has 24 heavy (non-hydrogen) atoms. The first-order valence-electron chi connectivity index (χ1n) is 8.22. The summed E-state index contributed by atoms with van der Waals surface area (Å²) >= 11 is 1.64. The maximum absolute atomic E-state index is 13.0. The summed E-state index contributed by atoms with van der Waals surface area (Å²) in [7, 11) is 0. The molecule has 3 aromatic rings. The van der Waals surface area contributed by atoms with Crippen molar-refractivity contribution in [3.05, 3.63) is 59.1 Å². The van der Waals surface area contributed by atoms with Gasteiger partial charge in [-0.3, -0.25) is 4.79 Å². The van der Waals surface area contributed by atoms with Gasteiger partial charge < -0.3 is 4.90 Å². The van der Waals surface area contributed by atoms with Crippen LogP contribution in [0, 0.1) is 6.92 Å². The lowest BCUT2D eigenvalue weighted by molar-refractivity contribution is 0.0784. The molecule has 0 radical (unpaired) electrons. The van der Waals surface area contributed by atoms with Crippen LogP contribution in [-0.2, 0) is 0 Å². The molecule has 4 rings (SSSR count). The fourth-order valence-corrected chi connectivity index (χ4v) is 3.72. The number of rotatable bonds is 3. The summed E-state index contributed by atoms with van der Waals surface area (Å²) in [6.07, 6.45) is 2.17. The van der Waals surface area contributed by atoms with Gasteiger partial charge in [0.1, 0.15) is 11.4 Å². The molecule has 1 aromatic carbocycles. The average molecular weight is 337 g/mol. The van der Waals surface area contributed by atoms with Crippen LogP contribution in [0.5, 0.6) is 0 Å². The number of amides is 1. The number of hydrogen-bond donors (Lipinski definition) is 0. The van der Waals surface area contributed by atoms with Gasteiger partial charge in [-0.25, -0.2) is 4.68 Å². The zero-order valence-electron chi connectivity index (χ0n) is 13.6. The van der Waals surface area contributed by atoms with Crippen molar-refractivity contribution in [2.24, 2.45) is 0 Å². The third-order valence-electron chi connectivity index (χ3n) is 4.37. The Bertz CT molecular complexity index is 843. The predicted molar refractivity (Wildman–Crippen MR) is 96.8 cm³/mol. The van der Waals surface area contributed by atoms with Gasteiger partial charge in [0, 0.05) is 13.1 Å². The summed E-state index contributed by atoms with van der Waals surface area (Å²) in [4.78, 5) is 16.0. The van der Waals surface area contributed by atoms with E-state index in [2.05, 4.69) is 6.92 Å². The Morgan fingerprint density at radius 3 is 2.54 bits per heavy atom. The molecule has 122 valence electrons. The number of likely N-dealkylation sites (tertiary alicyclic amines) is 1. The maximum Gasteiger partial charge on any atom is 0.272 e. The van der Waals surface area contributed by atoms with Crippen molar-refractivity contribution in [1.82, 2.24) is 14.7 Å². The molecule has 1 amide bonds. The Kier molecular flexibility index (Phi) is 3.94. The molecular formula is C19H19N3OS. The number of aryl methyl sites for hydroxylation is 1. The quantitative estimate of drug-likeness (QED) is 0.720. The van der Waals surface area contributed by atoms with Crippen LogP contribution in [-0.4, -0.2) is 33.7 Å². The highest BCUT2D eigenvalue weighted by atomic mass is 32.1. The average Bonchev–Trinajstić information content (AvgIpc) is 3.34. The van der Waals surface area contributed by atoms with Gasteiger partial charge in [0.2, 0.25) is 0 Å². The Morgan fingerprint density at radius 1 is 1.12 bits per heavy atom. The smallest absolute Gasteiger partial charge is 0.272 e. The third-order valence-corrected chi connectivity index (χ3v) is 5.27. The van der Waals surface area contributed by atoms with E-state index in [1.54, 1.807) is 16.0 Å². The summed E-state index contributed by atoms with van der Waals surface area (Å²) in [6.45, 7) is 3.73. The molecule has 0 N–H and O–H groups in total. The predicted octanol–water partition coefficient (Wildman–Crippen LogP) is 4.15. The minimum absolute atomic E-state index is 0.0726. The molecule has 1 saturated heterocycles. The van der Waals surface area contributed by atoms with Crippen molar-refractivity contribution in [1.29, 1.82) is 0 Å². The molecule has 0 atom stereocenters. The minimum Gasteiger partial charge on any atom is -0.337 e. The number of benzene rings is 1. The Balaban J connectivity index is 1.80. The lowest BCUT2D eigenvalue weighted by Crippen LogP contribution is -2.29. The van der Waals surface area contributed by atoms with E-state index >= 15 is 0 Å². The fraction of sp³-hybridized carbons (Fsp3) is 0.263. The lowest BCUT2D eigenvalue weighted by Gasteiger charge is -2.16. The van der Waals surface area contributed by atoms with Crippen molar-refractivity contribution in [2.75, 3.05) is 13.1 Å². The van der Waals surface area contributed by atoms with Gasteiger partial charge in [-0.15, -0.1) is 11.3 Å². The fourth-order valence-electron chi connectivity index (χ4n) is 3.04. The minimum atomic E-state index is 0.0726. The second-order valence-electron chi connectivity index (χ2n) is 6.14. The first kappa shape index (κ1) is 15.1. The Hall–Kier alpha value is -2.40. The number of hydrogen-bond acceptors (Lipinski definition) is 3. The van der Waals surface area contributed by atoms with E-state index in [0.717, 1.165) is 42.2 Å². The molecule has 0 bridgehead atoms. The van der Waals surface area contributed by atoms with E-state index in [9.17, 15) is 4.79 Å². The molecular weight excluding hydrogens is 318 g/mol. The SMILES string of the molecule is Cc1ccc(-n2nc(-c3cccs3)cc2C(=O)N2CCCC2)cc1. The van der Waals surface area contributed by atoms with Gasteiger partial charge in [-0.2, -0.15) is 5.10 Å². The van der Waals surface area contributed by atoms with Crippen molar-refractivity contribution >= 4 is 17.2 Å². The van der Waals surface area contributed by atoms with Crippen molar-refractivity contribution in [3.63, 3.8) is 0 Å². The summed E-state index contributed by atoms with van der Waals surface area (Å²) in [5.41, 5.74) is 3.61. The molecule has 0 unspecified atom stereocenters. The van der Waals surface area contributed by atoms with Crippen molar-refractivity contribution < 1.29 is 4.79 Å². The van der Waals surface area contributed by atoms with Crippen LogP contribution in [0.1, 0.15) is 28.9 Å². The van der Waals surface area contributed by atoms with Gasteiger partial charge in [0.15, 0.2) is 0 Å². The summed E-state index contributed by atoms with van der Waals surface area (Å²) in [6, 6.07) is 14.1. The van der Waals surface area contributed by atoms with Gasteiger partial charge in [0.05, 0.1) is 10.6 Å². The van der Waals surface area contributed by atoms with Gasteiger partial charge in [0.25, 0.3) is 5.91 Å². The Labute approximate surface area is 145 Å². The second kappa shape index (κ2) is 6.24. The largest absolute Gasteiger partial charge is 0.337 e. The van der Waals surface area contributed by atoms with E-state index in [1.165, 1.54) is 5.56 Å². The van der Waals surface area contributed by atoms with Crippen LogP contribution in [0.25, 0.3) is 16.3 Å². The van der Waals surface area contributed by atoms with Crippen LogP contribution >= 0.6 is 11.3 Å². The Morgan fingerprint density at radius 2 is 1.88 bits per heavy atom. The number of carbonyl (C=O) groups excluding carboxylic acids is 1. The highest BCUT2D eigenvalue weighted by molar-refractivity contribution is 7.13. The first-order valence-corrected chi connectivity index (χ1v) is 9.10.